The summed E-state index contributed by atoms with van der Waals surface area (Å²) in [6.07, 6.45) is 1.98. The van der Waals surface area contributed by atoms with Gasteiger partial charge in [0, 0.05) is 62.9 Å². The number of aromatic nitrogens is 1. The largest absolute Gasteiger partial charge is 0.342 e. The van der Waals surface area contributed by atoms with E-state index in [1.165, 1.54) is 5.56 Å². The first kappa shape index (κ1) is 21.0. The van der Waals surface area contributed by atoms with Gasteiger partial charge in [-0.2, -0.15) is 0 Å². The lowest BCUT2D eigenvalue weighted by atomic mass is 10.1. The van der Waals surface area contributed by atoms with Crippen LogP contribution >= 0.6 is 0 Å². The van der Waals surface area contributed by atoms with E-state index in [0.29, 0.717) is 39.3 Å². The van der Waals surface area contributed by atoms with Crippen LogP contribution in [0.3, 0.4) is 0 Å². The molecule has 1 aliphatic heterocycles. The molecule has 1 fully saturated rings. The average Bonchev–Trinajstić information content (AvgIpc) is 3.18. The molecular weight excluding hydrogens is 388 g/mol. The molecule has 0 atom stereocenters. The SMILES string of the molecule is CCN(CC)C(=O)N1CCN(C(=O)c2cn(Cc3ccccc3)c3ccccc23)CC1. The van der Waals surface area contributed by atoms with Gasteiger partial charge in [0.1, 0.15) is 0 Å². The number of nitrogens with zero attached hydrogens (tertiary/aromatic N) is 4. The number of carbonyl (C=O) groups is 2. The van der Waals surface area contributed by atoms with Crippen LogP contribution in [0.5, 0.6) is 0 Å². The van der Waals surface area contributed by atoms with Gasteiger partial charge in [0.05, 0.1) is 5.56 Å². The minimum atomic E-state index is 0.0398. The van der Waals surface area contributed by atoms with Crippen LogP contribution in [-0.2, 0) is 6.54 Å². The number of hydrogen-bond donors (Lipinski definition) is 0. The van der Waals surface area contributed by atoms with Crippen LogP contribution in [0.15, 0.2) is 60.8 Å². The second-order valence-corrected chi connectivity index (χ2v) is 7.91. The maximum absolute atomic E-state index is 13.4. The molecule has 6 nitrogen and oxygen atoms in total. The number of amides is 3. The normalized spacial score (nSPS) is 14.1. The monoisotopic (exact) mass is 418 g/mol. The molecule has 0 bridgehead atoms. The molecule has 0 spiro atoms. The predicted molar refractivity (Wildman–Crippen MR) is 123 cm³/mol. The fraction of sp³-hybridized carbons (Fsp3) is 0.360. The first-order valence-corrected chi connectivity index (χ1v) is 11.1. The van der Waals surface area contributed by atoms with Gasteiger partial charge in [0.15, 0.2) is 0 Å². The van der Waals surface area contributed by atoms with Crippen molar-refractivity contribution in [1.29, 1.82) is 0 Å². The van der Waals surface area contributed by atoms with Gasteiger partial charge < -0.3 is 19.3 Å². The first-order chi connectivity index (χ1) is 15.1. The summed E-state index contributed by atoms with van der Waals surface area (Å²) in [6.45, 7) is 8.38. The lowest BCUT2D eigenvalue weighted by molar-refractivity contribution is 0.0643. The Labute approximate surface area is 183 Å². The molecule has 4 rings (SSSR count). The van der Waals surface area contributed by atoms with E-state index >= 15 is 0 Å². The molecule has 2 heterocycles. The molecule has 2 aromatic carbocycles. The molecule has 3 aromatic rings. The molecule has 0 radical (unpaired) electrons. The number of para-hydroxylation sites is 1. The lowest BCUT2D eigenvalue weighted by Crippen LogP contribution is -2.54. The summed E-state index contributed by atoms with van der Waals surface area (Å²) in [5.41, 5.74) is 2.99. The van der Waals surface area contributed by atoms with Crippen molar-refractivity contribution in [2.45, 2.75) is 20.4 Å². The molecule has 1 aliphatic rings. The molecule has 0 saturated carbocycles. The van der Waals surface area contributed by atoms with Crippen molar-refractivity contribution in [1.82, 2.24) is 19.3 Å². The highest BCUT2D eigenvalue weighted by Gasteiger charge is 2.28. The van der Waals surface area contributed by atoms with Crippen molar-refractivity contribution in [3.05, 3.63) is 71.9 Å². The van der Waals surface area contributed by atoms with Gasteiger partial charge in [-0.25, -0.2) is 4.79 Å². The maximum Gasteiger partial charge on any atom is 0.320 e. The number of fused-ring (bicyclic) bond motifs is 1. The molecule has 0 N–H and O–H groups in total. The Morgan fingerprint density at radius 2 is 1.45 bits per heavy atom. The van der Waals surface area contributed by atoms with Crippen molar-refractivity contribution < 1.29 is 9.59 Å². The second-order valence-electron chi connectivity index (χ2n) is 7.91. The summed E-state index contributed by atoms with van der Waals surface area (Å²) in [4.78, 5) is 31.6. The molecule has 1 saturated heterocycles. The fourth-order valence-corrected chi connectivity index (χ4v) is 4.29. The molecule has 3 amide bonds. The van der Waals surface area contributed by atoms with Gasteiger partial charge in [0.25, 0.3) is 5.91 Å². The van der Waals surface area contributed by atoms with Crippen molar-refractivity contribution in [3.63, 3.8) is 0 Å². The van der Waals surface area contributed by atoms with Crippen LogP contribution in [0.4, 0.5) is 4.79 Å². The van der Waals surface area contributed by atoms with Crippen molar-refractivity contribution in [3.8, 4) is 0 Å². The van der Waals surface area contributed by atoms with Gasteiger partial charge in [0.2, 0.25) is 0 Å². The van der Waals surface area contributed by atoms with E-state index in [0.717, 1.165) is 23.0 Å². The minimum absolute atomic E-state index is 0.0398. The highest BCUT2D eigenvalue weighted by atomic mass is 16.2. The van der Waals surface area contributed by atoms with Crippen molar-refractivity contribution in [2.24, 2.45) is 0 Å². The minimum Gasteiger partial charge on any atom is -0.342 e. The summed E-state index contributed by atoms with van der Waals surface area (Å²) in [5.74, 6) is 0.0398. The highest BCUT2D eigenvalue weighted by Crippen LogP contribution is 2.24. The molecule has 31 heavy (non-hydrogen) atoms. The molecule has 0 unspecified atom stereocenters. The van der Waals surface area contributed by atoms with E-state index < -0.39 is 0 Å². The van der Waals surface area contributed by atoms with Crippen molar-refractivity contribution in [2.75, 3.05) is 39.3 Å². The summed E-state index contributed by atoms with van der Waals surface area (Å²) in [6, 6.07) is 18.4. The first-order valence-electron chi connectivity index (χ1n) is 11.1. The Bertz CT molecular complexity index is 1050. The zero-order valence-corrected chi connectivity index (χ0v) is 18.3. The summed E-state index contributed by atoms with van der Waals surface area (Å²) >= 11 is 0. The van der Waals surface area contributed by atoms with E-state index in [-0.39, 0.29) is 11.9 Å². The maximum atomic E-state index is 13.4. The zero-order valence-electron chi connectivity index (χ0n) is 18.3. The topological polar surface area (TPSA) is 48.8 Å². The van der Waals surface area contributed by atoms with Gasteiger partial charge in [-0.1, -0.05) is 48.5 Å². The molecule has 0 aliphatic carbocycles. The fourth-order valence-electron chi connectivity index (χ4n) is 4.29. The Kier molecular flexibility index (Phi) is 6.26. The van der Waals surface area contributed by atoms with Crippen LogP contribution in [0.1, 0.15) is 29.8 Å². The van der Waals surface area contributed by atoms with Gasteiger partial charge >= 0.3 is 6.03 Å². The summed E-state index contributed by atoms with van der Waals surface area (Å²) < 4.78 is 2.15. The Morgan fingerprint density at radius 3 is 2.13 bits per heavy atom. The van der Waals surface area contributed by atoms with E-state index in [4.69, 9.17) is 0 Å². The molecule has 1 aromatic heterocycles. The lowest BCUT2D eigenvalue weighted by Gasteiger charge is -2.37. The van der Waals surface area contributed by atoms with Crippen LogP contribution in [0.2, 0.25) is 0 Å². The Hall–Kier alpha value is -3.28. The molecule has 6 heteroatoms. The van der Waals surface area contributed by atoms with Crippen LogP contribution in [0, 0.1) is 0 Å². The van der Waals surface area contributed by atoms with E-state index in [1.54, 1.807) is 0 Å². The number of urea groups is 1. The molecular formula is C25H30N4O2. The van der Waals surface area contributed by atoms with Gasteiger partial charge in [-0.05, 0) is 25.5 Å². The Balaban J connectivity index is 1.52. The highest BCUT2D eigenvalue weighted by molar-refractivity contribution is 6.07. The van der Waals surface area contributed by atoms with Crippen molar-refractivity contribution >= 4 is 22.8 Å². The Morgan fingerprint density at radius 1 is 0.839 bits per heavy atom. The third-order valence-electron chi connectivity index (χ3n) is 6.09. The third kappa shape index (κ3) is 4.29. The van der Waals surface area contributed by atoms with Gasteiger partial charge in [-0.3, -0.25) is 4.79 Å². The average molecular weight is 419 g/mol. The number of piperazine rings is 1. The van der Waals surface area contributed by atoms with Crippen LogP contribution in [0.25, 0.3) is 10.9 Å². The van der Waals surface area contributed by atoms with E-state index in [2.05, 4.69) is 22.8 Å². The van der Waals surface area contributed by atoms with E-state index in [1.807, 2.05) is 71.1 Å². The summed E-state index contributed by atoms with van der Waals surface area (Å²) in [7, 11) is 0. The van der Waals surface area contributed by atoms with Gasteiger partial charge in [-0.15, -0.1) is 0 Å². The third-order valence-corrected chi connectivity index (χ3v) is 6.09. The predicted octanol–water partition coefficient (Wildman–Crippen LogP) is 3.91. The van der Waals surface area contributed by atoms with E-state index in [9.17, 15) is 9.59 Å². The number of hydrogen-bond acceptors (Lipinski definition) is 2. The number of carbonyl (C=O) groups excluding carboxylic acids is 2. The standard InChI is InChI=1S/C25H30N4O2/c1-3-26(4-2)25(31)28-16-14-27(15-17-28)24(30)22-19-29(18-20-10-6-5-7-11-20)23-13-9-8-12-21(22)23/h5-13,19H,3-4,14-18H2,1-2H3. The molecule has 162 valence electrons. The zero-order chi connectivity index (χ0) is 21.8. The quantitative estimate of drug-likeness (QED) is 0.631. The number of rotatable bonds is 5. The smallest absolute Gasteiger partial charge is 0.320 e. The number of benzene rings is 2. The second kappa shape index (κ2) is 9.25. The summed E-state index contributed by atoms with van der Waals surface area (Å²) in [5, 5.41) is 0.977. The van der Waals surface area contributed by atoms with Crippen LogP contribution in [-0.4, -0.2) is 70.5 Å². The van der Waals surface area contributed by atoms with Crippen LogP contribution < -0.4 is 0 Å².